The van der Waals surface area contributed by atoms with Gasteiger partial charge in [0.1, 0.15) is 0 Å². The van der Waals surface area contributed by atoms with Crippen molar-refractivity contribution in [1.29, 1.82) is 0 Å². The Morgan fingerprint density at radius 1 is 0.964 bits per heavy atom. The van der Waals surface area contributed by atoms with Gasteiger partial charge >= 0.3 is 0 Å². The van der Waals surface area contributed by atoms with E-state index in [1.807, 2.05) is 0 Å². The topological polar surface area (TPSA) is 6.48 Å². The van der Waals surface area contributed by atoms with Gasteiger partial charge in [0.25, 0.3) is 0 Å². The van der Waals surface area contributed by atoms with Crippen LogP contribution in [0.15, 0.2) is 76.8 Å². The molecule has 0 N–H and O–H groups in total. The third-order valence-electron chi connectivity index (χ3n) is 6.44. The van der Waals surface area contributed by atoms with Gasteiger partial charge in [0.05, 0.1) is 6.04 Å². The fourth-order valence-electron chi connectivity index (χ4n) is 4.87. The summed E-state index contributed by atoms with van der Waals surface area (Å²) >= 11 is 3.61. The van der Waals surface area contributed by atoms with Crippen LogP contribution in [0.4, 0.5) is 0 Å². The molecule has 3 heteroatoms. The van der Waals surface area contributed by atoms with Crippen LogP contribution < -0.4 is 0 Å². The minimum Gasteiger partial charge on any atom is -0.293 e. The van der Waals surface area contributed by atoms with E-state index < -0.39 is 0 Å². The average molecular weight is 435 g/mol. The van der Waals surface area contributed by atoms with Crippen molar-refractivity contribution in [1.82, 2.24) is 9.80 Å². The maximum atomic E-state index is 3.61. The highest BCUT2D eigenvalue weighted by Crippen LogP contribution is 2.37. The SMILES string of the molecule is Brc1ccc2c(c1)CCN(C1CN(C(C3=CCCC=C3)c3ccccc3)C1)C2. The molecule has 28 heavy (non-hydrogen) atoms. The maximum absolute atomic E-state index is 3.61. The van der Waals surface area contributed by atoms with Crippen molar-refractivity contribution in [3.05, 3.63) is 93.5 Å². The zero-order valence-corrected chi connectivity index (χ0v) is 17.8. The first kappa shape index (κ1) is 18.4. The molecular weight excluding hydrogens is 408 g/mol. The minimum atomic E-state index is 0.405. The Bertz CT molecular complexity index is 896. The van der Waals surface area contributed by atoms with Crippen LogP contribution >= 0.6 is 15.9 Å². The second-order valence-corrected chi connectivity index (χ2v) is 9.15. The first-order chi connectivity index (χ1) is 13.8. The highest BCUT2D eigenvalue weighted by atomic mass is 79.9. The summed E-state index contributed by atoms with van der Waals surface area (Å²) in [7, 11) is 0. The molecule has 1 saturated heterocycles. The predicted octanol–water partition coefficient (Wildman–Crippen LogP) is 5.51. The molecule has 2 aromatic rings. The standard InChI is InChI=1S/C25H27BrN2/c26-23-12-11-22-16-27(14-13-21(22)15-23)24-17-28(18-24)25(19-7-3-1-4-8-19)20-9-5-2-6-10-20/h1,3-5,7-12,15,24-25H,2,6,13-14,16-18H2. The van der Waals surface area contributed by atoms with Crippen molar-refractivity contribution in [2.24, 2.45) is 0 Å². The Kier molecular flexibility index (Phi) is 5.23. The van der Waals surface area contributed by atoms with Crippen LogP contribution in [0.25, 0.3) is 0 Å². The third-order valence-corrected chi connectivity index (χ3v) is 6.93. The average Bonchev–Trinajstić information content (AvgIpc) is 2.71. The van der Waals surface area contributed by atoms with Gasteiger partial charge < -0.3 is 0 Å². The van der Waals surface area contributed by atoms with Crippen molar-refractivity contribution in [3.8, 4) is 0 Å². The van der Waals surface area contributed by atoms with Crippen LogP contribution in [0.3, 0.4) is 0 Å². The van der Waals surface area contributed by atoms with E-state index in [0.29, 0.717) is 12.1 Å². The number of hydrogen-bond donors (Lipinski definition) is 0. The van der Waals surface area contributed by atoms with Gasteiger partial charge in [-0.05, 0) is 53.7 Å². The fourth-order valence-corrected chi connectivity index (χ4v) is 5.28. The lowest BCUT2D eigenvalue weighted by atomic mass is 9.89. The summed E-state index contributed by atoms with van der Waals surface area (Å²) in [4.78, 5) is 5.36. The van der Waals surface area contributed by atoms with E-state index in [2.05, 4.69) is 92.5 Å². The van der Waals surface area contributed by atoms with Crippen molar-refractivity contribution < 1.29 is 0 Å². The van der Waals surface area contributed by atoms with Crippen molar-refractivity contribution in [2.45, 2.75) is 37.9 Å². The van der Waals surface area contributed by atoms with E-state index >= 15 is 0 Å². The molecule has 1 aliphatic carbocycles. The molecule has 0 aromatic heterocycles. The summed E-state index contributed by atoms with van der Waals surface area (Å²) in [5.74, 6) is 0. The number of nitrogens with zero attached hydrogens (tertiary/aromatic N) is 2. The zero-order chi connectivity index (χ0) is 18.9. The van der Waals surface area contributed by atoms with Crippen LogP contribution in [0.2, 0.25) is 0 Å². The van der Waals surface area contributed by atoms with Gasteiger partial charge in [-0.2, -0.15) is 0 Å². The van der Waals surface area contributed by atoms with Gasteiger partial charge in [0.2, 0.25) is 0 Å². The Hall–Kier alpha value is -1.68. The molecule has 0 saturated carbocycles. The molecular formula is C25H27BrN2. The summed E-state index contributed by atoms with van der Waals surface area (Å²) in [5.41, 5.74) is 5.92. The Morgan fingerprint density at radius 2 is 1.82 bits per heavy atom. The van der Waals surface area contributed by atoms with Gasteiger partial charge in [-0.15, -0.1) is 0 Å². The molecule has 144 valence electrons. The molecule has 2 aliphatic heterocycles. The molecule has 0 spiro atoms. The van der Waals surface area contributed by atoms with Crippen LogP contribution in [-0.2, 0) is 13.0 Å². The first-order valence-electron chi connectivity index (χ1n) is 10.4. The lowest BCUT2D eigenvalue weighted by Crippen LogP contribution is -2.60. The number of hydrogen-bond acceptors (Lipinski definition) is 2. The van der Waals surface area contributed by atoms with Gasteiger partial charge in [0, 0.05) is 36.7 Å². The molecule has 5 rings (SSSR count). The number of likely N-dealkylation sites (tertiary alicyclic amines) is 1. The van der Waals surface area contributed by atoms with Crippen molar-refractivity contribution >= 4 is 15.9 Å². The molecule has 2 nitrogen and oxygen atoms in total. The number of halogens is 1. The number of rotatable bonds is 4. The molecule has 1 fully saturated rings. The molecule has 3 aliphatic rings. The summed E-state index contributed by atoms with van der Waals surface area (Å²) in [5, 5.41) is 0. The molecule has 2 heterocycles. The predicted molar refractivity (Wildman–Crippen MR) is 119 cm³/mol. The lowest BCUT2D eigenvalue weighted by Gasteiger charge is -2.50. The minimum absolute atomic E-state index is 0.405. The van der Waals surface area contributed by atoms with Crippen LogP contribution in [0, 0.1) is 0 Å². The smallest absolute Gasteiger partial charge is 0.0599 e. The molecule has 0 bridgehead atoms. The Morgan fingerprint density at radius 3 is 2.61 bits per heavy atom. The van der Waals surface area contributed by atoms with E-state index in [-0.39, 0.29) is 0 Å². The molecule has 1 unspecified atom stereocenters. The van der Waals surface area contributed by atoms with Gasteiger partial charge in [0.15, 0.2) is 0 Å². The van der Waals surface area contributed by atoms with E-state index in [9.17, 15) is 0 Å². The zero-order valence-electron chi connectivity index (χ0n) is 16.2. The van der Waals surface area contributed by atoms with E-state index in [0.717, 1.165) is 19.6 Å². The Balaban J connectivity index is 1.30. The number of benzene rings is 2. The summed E-state index contributed by atoms with van der Waals surface area (Å²) in [6.07, 6.45) is 10.6. The number of allylic oxidation sites excluding steroid dienone is 2. The van der Waals surface area contributed by atoms with Crippen molar-refractivity contribution in [2.75, 3.05) is 19.6 Å². The second-order valence-electron chi connectivity index (χ2n) is 8.24. The van der Waals surface area contributed by atoms with E-state index in [1.54, 1.807) is 0 Å². The molecule has 1 atom stereocenters. The van der Waals surface area contributed by atoms with Crippen LogP contribution in [0.1, 0.15) is 35.6 Å². The van der Waals surface area contributed by atoms with E-state index in [4.69, 9.17) is 0 Å². The number of fused-ring (bicyclic) bond motifs is 1. The van der Waals surface area contributed by atoms with Gasteiger partial charge in [-0.25, -0.2) is 0 Å². The van der Waals surface area contributed by atoms with Gasteiger partial charge in [-0.1, -0.05) is 70.6 Å². The van der Waals surface area contributed by atoms with Crippen molar-refractivity contribution in [3.63, 3.8) is 0 Å². The van der Waals surface area contributed by atoms with Crippen LogP contribution in [0.5, 0.6) is 0 Å². The lowest BCUT2D eigenvalue weighted by molar-refractivity contribution is 0.00698. The molecule has 0 amide bonds. The second kappa shape index (κ2) is 7.98. The summed E-state index contributed by atoms with van der Waals surface area (Å²) < 4.78 is 1.20. The quantitative estimate of drug-likeness (QED) is 0.625. The monoisotopic (exact) mass is 434 g/mol. The summed E-state index contributed by atoms with van der Waals surface area (Å²) in [6.45, 7) is 4.60. The maximum Gasteiger partial charge on any atom is 0.0599 e. The van der Waals surface area contributed by atoms with Gasteiger partial charge in [-0.3, -0.25) is 9.80 Å². The molecule has 0 radical (unpaired) electrons. The van der Waals surface area contributed by atoms with E-state index in [1.165, 1.54) is 52.5 Å². The van der Waals surface area contributed by atoms with Crippen LogP contribution in [-0.4, -0.2) is 35.5 Å². The normalized spacial score (nSPS) is 21.7. The largest absolute Gasteiger partial charge is 0.293 e. The third kappa shape index (κ3) is 3.63. The Labute approximate surface area is 176 Å². The fraction of sp³-hybridized carbons (Fsp3) is 0.360. The molecule has 2 aromatic carbocycles. The first-order valence-corrected chi connectivity index (χ1v) is 11.2. The summed E-state index contributed by atoms with van der Waals surface area (Å²) in [6, 6.07) is 18.9. The highest BCUT2D eigenvalue weighted by molar-refractivity contribution is 9.10. The highest BCUT2D eigenvalue weighted by Gasteiger charge is 2.38.